The van der Waals surface area contributed by atoms with Crippen molar-refractivity contribution in [3.63, 3.8) is 0 Å². The second-order valence-corrected chi connectivity index (χ2v) is 8.73. The van der Waals surface area contributed by atoms with E-state index in [1.165, 1.54) is 5.69 Å². The second-order valence-electron chi connectivity index (χ2n) is 7.46. The molecule has 0 aliphatic carbocycles. The van der Waals surface area contributed by atoms with E-state index in [0.29, 0.717) is 12.5 Å². The molecule has 2 aliphatic rings. The highest BCUT2D eigenvalue weighted by Gasteiger charge is 2.21. The standard InChI is InChI=1S/C20H24N6O2S/c1-14-23-24-19(29-14)11-25-5-7-26(8-6-25)15-2-3-18-17(10-15)20(22-13-21-18)28-16-4-9-27-12-16/h2-3,10,13,16H,4-9,11-12H2,1H3. The van der Waals surface area contributed by atoms with Gasteiger partial charge in [-0.15, -0.1) is 21.5 Å². The van der Waals surface area contributed by atoms with Gasteiger partial charge in [-0.1, -0.05) is 0 Å². The van der Waals surface area contributed by atoms with Gasteiger partial charge >= 0.3 is 0 Å². The lowest BCUT2D eigenvalue weighted by Gasteiger charge is -2.35. The number of aryl methyl sites for hydroxylation is 1. The number of piperazine rings is 1. The van der Waals surface area contributed by atoms with Gasteiger partial charge in [0.05, 0.1) is 30.7 Å². The lowest BCUT2D eigenvalue weighted by molar-refractivity contribution is 0.139. The van der Waals surface area contributed by atoms with Gasteiger partial charge in [-0.3, -0.25) is 4.90 Å². The first-order valence-corrected chi connectivity index (χ1v) is 10.8. The maximum Gasteiger partial charge on any atom is 0.224 e. The van der Waals surface area contributed by atoms with E-state index in [4.69, 9.17) is 9.47 Å². The van der Waals surface area contributed by atoms with Crippen molar-refractivity contribution >= 4 is 27.9 Å². The Balaban J connectivity index is 1.29. The first kappa shape index (κ1) is 18.7. The number of fused-ring (bicyclic) bond motifs is 1. The van der Waals surface area contributed by atoms with Crippen LogP contribution in [0.25, 0.3) is 10.9 Å². The second kappa shape index (κ2) is 8.17. The van der Waals surface area contributed by atoms with Crippen molar-refractivity contribution in [2.75, 3.05) is 44.3 Å². The molecule has 0 radical (unpaired) electrons. The fourth-order valence-electron chi connectivity index (χ4n) is 3.83. The van der Waals surface area contributed by atoms with Gasteiger partial charge in [-0.25, -0.2) is 9.97 Å². The number of benzene rings is 1. The molecule has 29 heavy (non-hydrogen) atoms. The van der Waals surface area contributed by atoms with E-state index in [2.05, 4.69) is 48.2 Å². The predicted molar refractivity (Wildman–Crippen MR) is 112 cm³/mol. The minimum absolute atomic E-state index is 0.0734. The molecule has 8 nitrogen and oxygen atoms in total. The Labute approximate surface area is 173 Å². The normalized spacial score (nSPS) is 20.4. The molecule has 2 saturated heterocycles. The van der Waals surface area contributed by atoms with Crippen LogP contribution < -0.4 is 9.64 Å². The van der Waals surface area contributed by atoms with Crippen molar-refractivity contribution in [1.29, 1.82) is 0 Å². The van der Waals surface area contributed by atoms with Crippen molar-refractivity contribution in [1.82, 2.24) is 25.1 Å². The molecule has 0 amide bonds. The molecule has 2 fully saturated rings. The first-order chi connectivity index (χ1) is 14.2. The zero-order valence-corrected chi connectivity index (χ0v) is 17.3. The van der Waals surface area contributed by atoms with Gasteiger partial charge in [0.15, 0.2) is 0 Å². The molecule has 5 rings (SSSR count). The van der Waals surface area contributed by atoms with Crippen LogP contribution in [0.4, 0.5) is 5.69 Å². The zero-order chi connectivity index (χ0) is 19.6. The first-order valence-electron chi connectivity index (χ1n) is 10.00. The summed E-state index contributed by atoms with van der Waals surface area (Å²) in [5.41, 5.74) is 2.09. The molecule has 0 bridgehead atoms. The van der Waals surface area contributed by atoms with Crippen LogP contribution in [0.5, 0.6) is 5.88 Å². The average Bonchev–Trinajstić information content (AvgIpc) is 3.40. The molecule has 0 spiro atoms. The SMILES string of the molecule is Cc1nnc(CN2CCN(c3ccc4ncnc(OC5CCOC5)c4c3)CC2)s1. The number of hydrogen-bond acceptors (Lipinski definition) is 9. The van der Waals surface area contributed by atoms with Crippen molar-refractivity contribution in [3.05, 3.63) is 34.5 Å². The molecular formula is C20H24N6O2S. The van der Waals surface area contributed by atoms with Crippen molar-refractivity contribution in [2.45, 2.75) is 26.0 Å². The number of nitrogens with zero attached hydrogens (tertiary/aromatic N) is 6. The summed E-state index contributed by atoms with van der Waals surface area (Å²) in [6, 6.07) is 6.35. The highest BCUT2D eigenvalue weighted by Crippen LogP contribution is 2.29. The number of rotatable bonds is 5. The Hall–Kier alpha value is -2.36. The van der Waals surface area contributed by atoms with Crippen LogP contribution in [0.15, 0.2) is 24.5 Å². The molecule has 1 aromatic carbocycles. The predicted octanol–water partition coefficient (Wildman–Crippen LogP) is 2.28. The molecule has 3 aromatic rings. The Bertz CT molecular complexity index is 982. The Morgan fingerprint density at radius 2 is 2.07 bits per heavy atom. The van der Waals surface area contributed by atoms with Crippen molar-refractivity contribution in [2.24, 2.45) is 0 Å². The van der Waals surface area contributed by atoms with E-state index in [1.54, 1.807) is 17.7 Å². The third-order valence-electron chi connectivity index (χ3n) is 5.41. The van der Waals surface area contributed by atoms with E-state index < -0.39 is 0 Å². The largest absolute Gasteiger partial charge is 0.471 e. The summed E-state index contributed by atoms with van der Waals surface area (Å²) in [7, 11) is 0. The van der Waals surface area contributed by atoms with Gasteiger partial charge in [0.2, 0.25) is 5.88 Å². The highest BCUT2D eigenvalue weighted by atomic mass is 32.1. The molecule has 0 saturated carbocycles. The van der Waals surface area contributed by atoms with Gasteiger partial charge < -0.3 is 14.4 Å². The molecule has 1 unspecified atom stereocenters. The minimum Gasteiger partial charge on any atom is -0.471 e. The van der Waals surface area contributed by atoms with Crippen LogP contribution in [0, 0.1) is 6.92 Å². The Morgan fingerprint density at radius 3 is 2.83 bits per heavy atom. The summed E-state index contributed by atoms with van der Waals surface area (Å²) in [5, 5.41) is 11.5. The molecule has 152 valence electrons. The van der Waals surface area contributed by atoms with Crippen molar-refractivity contribution < 1.29 is 9.47 Å². The molecule has 9 heteroatoms. The van der Waals surface area contributed by atoms with Gasteiger partial charge in [0, 0.05) is 38.3 Å². The third-order valence-corrected chi connectivity index (χ3v) is 6.24. The van der Waals surface area contributed by atoms with E-state index in [9.17, 15) is 0 Å². The van der Waals surface area contributed by atoms with Crippen molar-refractivity contribution in [3.8, 4) is 5.88 Å². The highest BCUT2D eigenvalue weighted by molar-refractivity contribution is 7.11. The van der Waals surface area contributed by atoms with Gasteiger partial charge in [0.1, 0.15) is 22.4 Å². The fourth-order valence-corrected chi connectivity index (χ4v) is 4.58. The van der Waals surface area contributed by atoms with Crippen LogP contribution in [-0.2, 0) is 11.3 Å². The molecular weight excluding hydrogens is 388 g/mol. The van der Waals surface area contributed by atoms with Crippen LogP contribution in [-0.4, -0.2) is 70.6 Å². The minimum atomic E-state index is 0.0734. The molecule has 2 aliphatic heterocycles. The molecule has 0 N–H and O–H groups in total. The smallest absolute Gasteiger partial charge is 0.224 e. The fraction of sp³-hybridized carbons (Fsp3) is 0.500. The summed E-state index contributed by atoms with van der Waals surface area (Å²) in [6.07, 6.45) is 2.55. The number of aromatic nitrogens is 4. The van der Waals surface area contributed by atoms with Crippen LogP contribution in [0.1, 0.15) is 16.4 Å². The van der Waals surface area contributed by atoms with Crippen LogP contribution >= 0.6 is 11.3 Å². The van der Waals surface area contributed by atoms with E-state index in [1.807, 2.05) is 6.92 Å². The van der Waals surface area contributed by atoms with Gasteiger partial charge in [-0.05, 0) is 25.1 Å². The van der Waals surface area contributed by atoms with Gasteiger partial charge in [0.25, 0.3) is 0 Å². The number of hydrogen-bond donors (Lipinski definition) is 0. The van der Waals surface area contributed by atoms with Gasteiger partial charge in [-0.2, -0.15) is 0 Å². The molecule has 4 heterocycles. The van der Waals surface area contributed by atoms with E-state index in [-0.39, 0.29) is 6.10 Å². The number of ether oxygens (including phenoxy) is 2. The summed E-state index contributed by atoms with van der Waals surface area (Å²) in [5.74, 6) is 0.651. The third kappa shape index (κ3) is 4.17. The molecule has 2 aromatic heterocycles. The summed E-state index contributed by atoms with van der Waals surface area (Å²) in [6.45, 7) is 8.22. The summed E-state index contributed by atoms with van der Waals surface area (Å²) in [4.78, 5) is 13.6. The lowest BCUT2D eigenvalue weighted by Crippen LogP contribution is -2.45. The number of anilines is 1. The van der Waals surface area contributed by atoms with E-state index in [0.717, 1.165) is 66.7 Å². The maximum absolute atomic E-state index is 6.10. The Morgan fingerprint density at radius 1 is 1.17 bits per heavy atom. The summed E-state index contributed by atoms with van der Waals surface area (Å²) < 4.78 is 11.5. The van der Waals surface area contributed by atoms with Crippen LogP contribution in [0.2, 0.25) is 0 Å². The summed E-state index contributed by atoms with van der Waals surface area (Å²) >= 11 is 1.68. The van der Waals surface area contributed by atoms with E-state index >= 15 is 0 Å². The topological polar surface area (TPSA) is 76.5 Å². The lowest BCUT2D eigenvalue weighted by atomic mass is 10.2. The zero-order valence-electron chi connectivity index (χ0n) is 16.5. The molecule has 1 atom stereocenters. The maximum atomic E-state index is 6.10. The Kier molecular flexibility index (Phi) is 5.26. The monoisotopic (exact) mass is 412 g/mol. The van der Waals surface area contributed by atoms with Crippen LogP contribution in [0.3, 0.4) is 0 Å². The average molecular weight is 413 g/mol. The quantitative estimate of drug-likeness (QED) is 0.632.